The molecule has 1 saturated carbocycles. The number of rotatable bonds is 11. The van der Waals surface area contributed by atoms with Gasteiger partial charge in [-0.15, -0.1) is 0 Å². The number of nitrogens with one attached hydrogen (secondary N) is 1. The lowest BCUT2D eigenvalue weighted by molar-refractivity contribution is -0.140. The lowest BCUT2D eigenvalue weighted by atomic mass is 9.94. The van der Waals surface area contributed by atoms with Crippen LogP contribution in [0.25, 0.3) is 0 Å². The first-order chi connectivity index (χ1) is 19.6. The van der Waals surface area contributed by atoms with E-state index in [-0.39, 0.29) is 30.6 Å². The molecule has 3 aromatic carbocycles. The van der Waals surface area contributed by atoms with Crippen LogP contribution in [0.5, 0.6) is 0 Å². The predicted molar refractivity (Wildman–Crippen MR) is 159 cm³/mol. The fraction of sp³-hybridized carbons (Fsp3) is 0.375. The molecule has 0 bridgehead atoms. The van der Waals surface area contributed by atoms with Crippen molar-refractivity contribution >= 4 is 27.5 Å². The number of benzene rings is 3. The lowest BCUT2D eigenvalue weighted by Gasteiger charge is -2.35. The van der Waals surface area contributed by atoms with Crippen molar-refractivity contribution in [1.82, 2.24) is 10.2 Å². The third kappa shape index (κ3) is 8.39. The molecule has 0 aliphatic heterocycles. The van der Waals surface area contributed by atoms with Crippen LogP contribution in [0.2, 0.25) is 0 Å². The van der Waals surface area contributed by atoms with Crippen molar-refractivity contribution in [2.75, 3.05) is 17.1 Å². The molecule has 1 aliphatic carbocycles. The maximum absolute atomic E-state index is 14.7. The number of anilines is 1. The monoisotopic (exact) mass is 579 g/mol. The van der Waals surface area contributed by atoms with Gasteiger partial charge < -0.3 is 10.2 Å². The molecule has 0 radical (unpaired) electrons. The van der Waals surface area contributed by atoms with E-state index in [4.69, 9.17) is 0 Å². The van der Waals surface area contributed by atoms with Gasteiger partial charge in [0, 0.05) is 19.0 Å². The fourth-order valence-electron chi connectivity index (χ4n) is 5.24. The predicted octanol–water partition coefficient (Wildman–Crippen LogP) is 4.99. The Morgan fingerprint density at radius 2 is 1.54 bits per heavy atom. The third-order valence-corrected chi connectivity index (χ3v) is 8.62. The van der Waals surface area contributed by atoms with Crippen molar-refractivity contribution in [2.24, 2.45) is 0 Å². The molecule has 1 N–H and O–H groups in total. The quantitative estimate of drug-likeness (QED) is 0.347. The van der Waals surface area contributed by atoms with Crippen molar-refractivity contribution < 1.29 is 22.4 Å². The number of para-hydroxylation sites is 1. The van der Waals surface area contributed by atoms with Gasteiger partial charge in [-0.1, -0.05) is 91.6 Å². The van der Waals surface area contributed by atoms with E-state index in [9.17, 15) is 22.4 Å². The van der Waals surface area contributed by atoms with Crippen LogP contribution < -0.4 is 9.62 Å². The summed E-state index contributed by atoms with van der Waals surface area (Å²) in [5.41, 5.74) is 2.49. The minimum atomic E-state index is -4.03. The zero-order valence-corrected chi connectivity index (χ0v) is 24.4. The summed E-state index contributed by atoms with van der Waals surface area (Å²) >= 11 is 0. The SMILES string of the molecule is Cc1ccc(CN(C(=O)CN(c2ccccc2F)S(C)(=O)=O)C(Cc2ccccc2)C(=O)NC2CCCCC2)cc1. The number of nitrogens with zero attached hydrogens (tertiary/aromatic N) is 2. The van der Waals surface area contributed by atoms with Crippen molar-refractivity contribution in [1.29, 1.82) is 0 Å². The van der Waals surface area contributed by atoms with E-state index in [1.165, 1.54) is 23.1 Å². The molecule has 0 heterocycles. The second-order valence-corrected chi connectivity index (χ2v) is 12.7. The van der Waals surface area contributed by atoms with Crippen LogP contribution in [0.15, 0.2) is 78.9 Å². The van der Waals surface area contributed by atoms with Gasteiger partial charge in [0.1, 0.15) is 18.4 Å². The molecule has 2 amide bonds. The van der Waals surface area contributed by atoms with Crippen LogP contribution in [0.1, 0.15) is 48.8 Å². The van der Waals surface area contributed by atoms with Crippen molar-refractivity contribution in [3.8, 4) is 0 Å². The number of sulfonamides is 1. The Labute approximate surface area is 242 Å². The Kier molecular flexibility index (Phi) is 10.2. The maximum Gasteiger partial charge on any atom is 0.244 e. The number of carbonyl (C=O) groups is 2. The number of carbonyl (C=O) groups excluding carboxylic acids is 2. The molecule has 1 aliphatic rings. The Bertz CT molecular complexity index is 1420. The average Bonchev–Trinajstić information content (AvgIpc) is 2.95. The van der Waals surface area contributed by atoms with E-state index in [1.54, 1.807) is 0 Å². The van der Waals surface area contributed by atoms with Crippen molar-refractivity contribution in [3.05, 3.63) is 101 Å². The number of aryl methyl sites for hydroxylation is 1. The van der Waals surface area contributed by atoms with Crippen LogP contribution in [-0.4, -0.2) is 50.0 Å². The summed E-state index contributed by atoms with van der Waals surface area (Å²) in [6.07, 6.45) is 6.15. The molecule has 218 valence electrons. The lowest BCUT2D eigenvalue weighted by Crippen LogP contribution is -2.55. The minimum absolute atomic E-state index is 0.0248. The van der Waals surface area contributed by atoms with Gasteiger partial charge in [-0.05, 0) is 43.0 Å². The smallest absolute Gasteiger partial charge is 0.244 e. The van der Waals surface area contributed by atoms with E-state index >= 15 is 0 Å². The Balaban J connectivity index is 1.72. The van der Waals surface area contributed by atoms with Crippen molar-refractivity contribution in [2.45, 2.75) is 64.1 Å². The molecule has 1 unspecified atom stereocenters. The van der Waals surface area contributed by atoms with Gasteiger partial charge in [-0.3, -0.25) is 13.9 Å². The average molecular weight is 580 g/mol. The number of halogens is 1. The highest BCUT2D eigenvalue weighted by Crippen LogP contribution is 2.24. The van der Waals surface area contributed by atoms with Crippen molar-refractivity contribution in [3.63, 3.8) is 0 Å². The van der Waals surface area contributed by atoms with Gasteiger partial charge in [0.15, 0.2) is 0 Å². The van der Waals surface area contributed by atoms with Crippen LogP contribution in [0, 0.1) is 12.7 Å². The molecular weight excluding hydrogens is 541 g/mol. The Morgan fingerprint density at radius 3 is 2.17 bits per heavy atom. The molecule has 9 heteroatoms. The molecule has 7 nitrogen and oxygen atoms in total. The minimum Gasteiger partial charge on any atom is -0.352 e. The zero-order valence-electron chi connectivity index (χ0n) is 23.6. The Morgan fingerprint density at radius 1 is 0.902 bits per heavy atom. The molecule has 0 aromatic heterocycles. The number of hydrogen-bond donors (Lipinski definition) is 1. The fourth-order valence-corrected chi connectivity index (χ4v) is 6.09. The largest absolute Gasteiger partial charge is 0.352 e. The van der Waals surface area contributed by atoms with Gasteiger partial charge >= 0.3 is 0 Å². The summed E-state index contributed by atoms with van der Waals surface area (Å²) in [5, 5.41) is 3.17. The van der Waals surface area contributed by atoms with Gasteiger partial charge in [-0.2, -0.15) is 0 Å². The summed E-state index contributed by atoms with van der Waals surface area (Å²) in [7, 11) is -4.03. The van der Waals surface area contributed by atoms with E-state index < -0.39 is 34.3 Å². The highest BCUT2D eigenvalue weighted by atomic mass is 32.2. The highest BCUT2D eigenvalue weighted by Gasteiger charge is 2.34. The van der Waals surface area contributed by atoms with E-state index in [0.29, 0.717) is 0 Å². The summed E-state index contributed by atoms with van der Waals surface area (Å²) in [4.78, 5) is 29.5. The second kappa shape index (κ2) is 13.8. The molecule has 41 heavy (non-hydrogen) atoms. The second-order valence-electron chi connectivity index (χ2n) is 10.8. The number of hydrogen-bond acceptors (Lipinski definition) is 4. The van der Waals surface area contributed by atoms with E-state index in [1.807, 2.05) is 61.5 Å². The molecule has 1 fully saturated rings. The Hall–Kier alpha value is -3.72. The highest BCUT2D eigenvalue weighted by molar-refractivity contribution is 7.92. The normalized spacial score (nSPS) is 14.7. The first kappa shape index (κ1) is 30.2. The molecule has 4 rings (SSSR count). The topological polar surface area (TPSA) is 86.8 Å². The first-order valence-corrected chi connectivity index (χ1v) is 15.9. The van der Waals surface area contributed by atoms with Gasteiger partial charge in [0.05, 0.1) is 11.9 Å². The number of amides is 2. The summed E-state index contributed by atoms with van der Waals surface area (Å²) < 4.78 is 41.1. The van der Waals surface area contributed by atoms with Crippen LogP contribution >= 0.6 is 0 Å². The van der Waals surface area contributed by atoms with Gasteiger partial charge in [-0.25, -0.2) is 12.8 Å². The molecule has 0 spiro atoms. The third-order valence-electron chi connectivity index (χ3n) is 7.50. The van der Waals surface area contributed by atoms with Crippen LogP contribution in [0.4, 0.5) is 10.1 Å². The molecule has 0 saturated heterocycles. The summed E-state index contributed by atoms with van der Waals surface area (Å²) in [6, 6.07) is 21.6. The van der Waals surface area contributed by atoms with Gasteiger partial charge in [0.25, 0.3) is 0 Å². The first-order valence-electron chi connectivity index (χ1n) is 14.0. The van der Waals surface area contributed by atoms with Crippen LogP contribution in [0.3, 0.4) is 0 Å². The zero-order chi connectivity index (χ0) is 29.4. The standard InChI is InChI=1S/C32H38FN3O4S/c1-24-17-19-26(20-18-24)22-35(31(37)23-36(41(2,39)40)29-16-10-9-15-28(29)33)30(21-25-11-5-3-6-12-25)32(38)34-27-13-7-4-8-14-27/h3,5-6,9-12,15-20,27,30H,4,7-8,13-14,21-23H2,1-2H3,(H,34,38). The summed E-state index contributed by atoms with van der Waals surface area (Å²) in [5.74, 6) is -1.64. The maximum atomic E-state index is 14.7. The molecule has 1 atom stereocenters. The van der Waals surface area contributed by atoms with Crippen LogP contribution in [-0.2, 0) is 32.6 Å². The van der Waals surface area contributed by atoms with E-state index in [0.717, 1.165) is 65.4 Å². The van der Waals surface area contributed by atoms with E-state index in [2.05, 4.69) is 5.32 Å². The van der Waals surface area contributed by atoms with Gasteiger partial charge in [0.2, 0.25) is 21.8 Å². The molecule has 3 aromatic rings. The molecular formula is C32H38FN3O4S. The summed E-state index contributed by atoms with van der Waals surface area (Å²) in [6.45, 7) is 1.40.